The van der Waals surface area contributed by atoms with Gasteiger partial charge in [-0.1, -0.05) is 31.2 Å². The molecule has 0 aromatic heterocycles. The van der Waals surface area contributed by atoms with Gasteiger partial charge in [0, 0.05) is 32.2 Å². The standard InChI is InChI=1S/C19H27NO4/c1-14-5-3-4-6-17(14)15(2)13-18(21)20(10-7-19(22)23)16-8-11-24-12-9-16/h3-6,15-16H,7-13H2,1-2H3,(H,22,23). The summed E-state index contributed by atoms with van der Waals surface area (Å²) in [5.74, 6) is -0.711. The van der Waals surface area contributed by atoms with E-state index in [1.165, 1.54) is 11.1 Å². The number of carboxylic acids is 1. The zero-order chi connectivity index (χ0) is 17.5. The molecule has 1 unspecified atom stereocenters. The second-order valence-electron chi connectivity index (χ2n) is 6.54. The smallest absolute Gasteiger partial charge is 0.305 e. The topological polar surface area (TPSA) is 66.8 Å². The van der Waals surface area contributed by atoms with Gasteiger partial charge in [-0.05, 0) is 36.8 Å². The Morgan fingerprint density at radius 3 is 2.58 bits per heavy atom. The van der Waals surface area contributed by atoms with Crippen molar-refractivity contribution < 1.29 is 19.4 Å². The summed E-state index contributed by atoms with van der Waals surface area (Å²) in [7, 11) is 0. The number of carboxylic acid groups (broad SMARTS) is 1. The molecule has 0 spiro atoms. The molecule has 1 aromatic carbocycles. The maximum absolute atomic E-state index is 12.8. The lowest BCUT2D eigenvalue weighted by molar-refractivity contribution is -0.140. The van der Waals surface area contributed by atoms with Gasteiger partial charge in [-0.25, -0.2) is 0 Å². The van der Waals surface area contributed by atoms with Gasteiger partial charge in [0.1, 0.15) is 0 Å². The van der Waals surface area contributed by atoms with Crippen LogP contribution in [0, 0.1) is 6.92 Å². The quantitative estimate of drug-likeness (QED) is 0.833. The molecule has 5 nitrogen and oxygen atoms in total. The summed E-state index contributed by atoms with van der Waals surface area (Å²) in [5, 5.41) is 8.98. The predicted molar refractivity (Wildman–Crippen MR) is 92.0 cm³/mol. The maximum atomic E-state index is 12.8. The Bertz CT molecular complexity index is 566. The molecule has 1 aromatic rings. The number of carbonyl (C=O) groups is 2. The van der Waals surface area contributed by atoms with Crippen molar-refractivity contribution in [3.8, 4) is 0 Å². The molecule has 1 aliphatic heterocycles. The SMILES string of the molecule is Cc1ccccc1C(C)CC(=O)N(CCC(=O)O)C1CCOCC1. The van der Waals surface area contributed by atoms with Crippen LogP contribution < -0.4 is 0 Å². The number of aryl methyl sites for hydroxylation is 1. The Hall–Kier alpha value is -1.88. The van der Waals surface area contributed by atoms with E-state index in [-0.39, 0.29) is 30.8 Å². The third-order valence-electron chi connectivity index (χ3n) is 4.72. The van der Waals surface area contributed by atoms with Gasteiger partial charge in [0.2, 0.25) is 5.91 Å². The first-order chi connectivity index (χ1) is 11.5. The Labute approximate surface area is 143 Å². The normalized spacial score (nSPS) is 16.6. The lowest BCUT2D eigenvalue weighted by Gasteiger charge is -2.35. The number of rotatable bonds is 7. The number of aliphatic carboxylic acids is 1. The molecule has 132 valence electrons. The van der Waals surface area contributed by atoms with Crippen LogP contribution in [0.4, 0.5) is 0 Å². The van der Waals surface area contributed by atoms with Gasteiger partial charge in [-0.2, -0.15) is 0 Å². The molecule has 1 atom stereocenters. The van der Waals surface area contributed by atoms with E-state index < -0.39 is 5.97 Å². The van der Waals surface area contributed by atoms with Crippen LogP contribution >= 0.6 is 0 Å². The zero-order valence-electron chi connectivity index (χ0n) is 14.5. The van der Waals surface area contributed by atoms with Gasteiger partial charge in [-0.15, -0.1) is 0 Å². The highest BCUT2D eigenvalue weighted by atomic mass is 16.5. The van der Waals surface area contributed by atoms with Crippen LogP contribution in [0.25, 0.3) is 0 Å². The fourth-order valence-corrected chi connectivity index (χ4v) is 3.35. The predicted octanol–water partition coefficient (Wildman–Crippen LogP) is 2.97. The van der Waals surface area contributed by atoms with E-state index in [2.05, 4.69) is 26.0 Å². The van der Waals surface area contributed by atoms with E-state index in [1.807, 2.05) is 12.1 Å². The average molecular weight is 333 g/mol. The zero-order valence-corrected chi connectivity index (χ0v) is 14.5. The molecule has 1 N–H and O–H groups in total. The molecule has 1 heterocycles. The summed E-state index contributed by atoms with van der Waals surface area (Å²) in [6, 6.07) is 8.19. The number of carbonyl (C=O) groups excluding carboxylic acids is 1. The second-order valence-corrected chi connectivity index (χ2v) is 6.54. The van der Waals surface area contributed by atoms with Gasteiger partial charge in [0.05, 0.1) is 6.42 Å². The van der Waals surface area contributed by atoms with Gasteiger partial charge in [0.25, 0.3) is 0 Å². The summed E-state index contributed by atoms with van der Waals surface area (Å²) < 4.78 is 5.37. The molecule has 2 rings (SSSR count). The Morgan fingerprint density at radius 2 is 1.96 bits per heavy atom. The average Bonchev–Trinajstić information content (AvgIpc) is 2.56. The number of hydrogen-bond acceptors (Lipinski definition) is 3. The largest absolute Gasteiger partial charge is 0.481 e. The van der Waals surface area contributed by atoms with Gasteiger partial charge < -0.3 is 14.7 Å². The van der Waals surface area contributed by atoms with Crippen LogP contribution in [0.1, 0.15) is 49.7 Å². The molecule has 24 heavy (non-hydrogen) atoms. The molecule has 5 heteroatoms. The van der Waals surface area contributed by atoms with Crippen molar-refractivity contribution in [3.05, 3.63) is 35.4 Å². The minimum atomic E-state index is -0.869. The van der Waals surface area contributed by atoms with Crippen molar-refractivity contribution in [1.82, 2.24) is 4.90 Å². The van der Waals surface area contributed by atoms with Crippen molar-refractivity contribution in [2.24, 2.45) is 0 Å². The van der Waals surface area contributed by atoms with E-state index in [4.69, 9.17) is 9.84 Å². The molecule has 1 aliphatic rings. The highest BCUT2D eigenvalue weighted by Crippen LogP contribution is 2.25. The Balaban J connectivity index is 2.05. The highest BCUT2D eigenvalue weighted by molar-refractivity contribution is 5.78. The molecule has 1 saturated heterocycles. The van der Waals surface area contributed by atoms with Gasteiger partial charge in [-0.3, -0.25) is 9.59 Å². The van der Waals surface area contributed by atoms with Crippen molar-refractivity contribution >= 4 is 11.9 Å². The number of nitrogens with zero attached hydrogens (tertiary/aromatic N) is 1. The first-order valence-electron chi connectivity index (χ1n) is 8.63. The maximum Gasteiger partial charge on any atom is 0.305 e. The summed E-state index contributed by atoms with van der Waals surface area (Å²) >= 11 is 0. The molecule has 1 fully saturated rings. The van der Waals surface area contributed by atoms with Crippen LogP contribution in [0.2, 0.25) is 0 Å². The molecule has 1 amide bonds. The van der Waals surface area contributed by atoms with Crippen molar-refractivity contribution in [2.75, 3.05) is 19.8 Å². The van der Waals surface area contributed by atoms with Crippen LogP contribution in [0.5, 0.6) is 0 Å². The summed E-state index contributed by atoms with van der Waals surface area (Å²) in [4.78, 5) is 25.5. The van der Waals surface area contributed by atoms with Crippen LogP contribution in [0.15, 0.2) is 24.3 Å². The first kappa shape index (κ1) is 18.5. The van der Waals surface area contributed by atoms with E-state index in [9.17, 15) is 9.59 Å². The van der Waals surface area contributed by atoms with Gasteiger partial charge in [0.15, 0.2) is 0 Å². The fourth-order valence-electron chi connectivity index (χ4n) is 3.35. The van der Waals surface area contributed by atoms with Crippen LogP contribution in [0.3, 0.4) is 0 Å². The molecular weight excluding hydrogens is 306 g/mol. The molecular formula is C19H27NO4. The summed E-state index contributed by atoms with van der Waals surface area (Å²) in [6.45, 7) is 5.65. The monoisotopic (exact) mass is 333 g/mol. The van der Waals surface area contributed by atoms with E-state index in [0.29, 0.717) is 19.6 Å². The lowest BCUT2D eigenvalue weighted by atomic mass is 9.93. The van der Waals surface area contributed by atoms with Crippen LogP contribution in [-0.4, -0.2) is 47.7 Å². The minimum absolute atomic E-state index is 0.0121. The number of amides is 1. The molecule has 0 saturated carbocycles. The summed E-state index contributed by atoms with van der Waals surface area (Å²) in [5.41, 5.74) is 2.36. The number of benzene rings is 1. The molecule has 0 bridgehead atoms. The number of hydrogen-bond donors (Lipinski definition) is 1. The number of ether oxygens (including phenoxy) is 1. The molecule has 0 radical (unpaired) electrons. The second kappa shape index (κ2) is 8.83. The van der Waals surface area contributed by atoms with Crippen molar-refractivity contribution in [1.29, 1.82) is 0 Å². The highest BCUT2D eigenvalue weighted by Gasteiger charge is 2.27. The first-order valence-corrected chi connectivity index (χ1v) is 8.63. The summed E-state index contributed by atoms with van der Waals surface area (Å²) in [6.07, 6.45) is 1.96. The lowest BCUT2D eigenvalue weighted by Crippen LogP contribution is -2.44. The van der Waals surface area contributed by atoms with E-state index >= 15 is 0 Å². The van der Waals surface area contributed by atoms with Gasteiger partial charge >= 0.3 is 5.97 Å². The fraction of sp³-hybridized carbons (Fsp3) is 0.579. The van der Waals surface area contributed by atoms with Crippen molar-refractivity contribution in [3.63, 3.8) is 0 Å². The van der Waals surface area contributed by atoms with E-state index in [1.54, 1.807) is 4.90 Å². The Morgan fingerprint density at radius 1 is 1.29 bits per heavy atom. The van der Waals surface area contributed by atoms with Crippen LogP contribution in [-0.2, 0) is 14.3 Å². The molecule has 0 aliphatic carbocycles. The Kier molecular flexibility index (Phi) is 6.79. The third kappa shape index (κ3) is 5.06. The third-order valence-corrected chi connectivity index (χ3v) is 4.72. The van der Waals surface area contributed by atoms with E-state index in [0.717, 1.165) is 12.8 Å². The minimum Gasteiger partial charge on any atom is -0.481 e. The van der Waals surface area contributed by atoms with Crippen molar-refractivity contribution in [2.45, 2.75) is 51.5 Å².